The van der Waals surface area contributed by atoms with E-state index in [2.05, 4.69) is 66.0 Å². The van der Waals surface area contributed by atoms with Gasteiger partial charge in [-0.1, -0.05) is 43.7 Å². The summed E-state index contributed by atoms with van der Waals surface area (Å²) in [5.74, 6) is 0.578. The molecule has 0 aliphatic rings. The number of amides is 1. The van der Waals surface area contributed by atoms with Crippen LogP contribution in [-0.4, -0.2) is 37.0 Å². The number of benzene rings is 1. The highest BCUT2D eigenvalue weighted by Crippen LogP contribution is 2.22. The van der Waals surface area contributed by atoms with Gasteiger partial charge in [0.15, 0.2) is 5.96 Å². The second-order valence-electron chi connectivity index (χ2n) is 8.10. The van der Waals surface area contributed by atoms with E-state index in [1.807, 2.05) is 27.7 Å². The SMILES string of the molecule is CCNC(=NCC(=O)NC(C)(C)C)NCC(C)(C)c1ccc(C)cc1.I. The van der Waals surface area contributed by atoms with E-state index in [0.717, 1.165) is 13.1 Å². The smallest absolute Gasteiger partial charge is 0.242 e. The number of nitrogens with one attached hydrogen (secondary N) is 3. The largest absolute Gasteiger partial charge is 0.357 e. The van der Waals surface area contributed by atoms with E-state index in [9.17, 15) is 4.79 Å². The molecule has 0 saturated carbocycles. The Balaban J connectivity index is 0.00000625. The molecule has 0 spiro atoms. The second kappa shape index (κ2) is 10.7. The van der Waals surface area contributed by atoms with E-state index in [1.54, 1.807) is 0 Å². The first-order valence-electron chi connectivity index (χ1n) is 8.94. The molecule has 0 heterocycles. The molecule has 6 heteroatoms. The van der Waals surface area contributed by atoms with Crippen LogP contribution in [0.5, 0.6) is 0 Å². The van der Waals surface area contributed by atoms with Gasteiger partial charge < -0.3 is 16.0 Å². The summed E-state index contributed by atoms with van der Waals surface area (Å²) in [6, 6.07) is 8.59. The van der Waals surface area contributed by atoms with Crippen LogP contribution in [0.25, 0.3) is 0 Å². The molecule has 1 rings (SSSR count). The van der Waals surface area contributed by atoms with Gasteiger partial charge >= 0.3 is 0 Å². The Hall–Kier alpha value is -1.31. The van der Waals surface area contributed by atoms with Crippen molar-refractivity contribution in [3.63, 3.8) is 0 Å². The summed E-state index contributed by atoms with van der Waals surface area (Å²) in [6.45, 7) is 16.0. The molecule has 0 atom stereocenters. The van der Waals surface area contributed by atoms with Crippen LogP contribution in [0.3, 0.4) is 0 Å². The fourth-order valence-corrected chi connectivity index (χ4v) is 2.36. The van der Waals surface area contributed by atoms with Crippen molar-refractivity contribution in [2.45, 2.75) is 59.4 Å². The van der Waals surface area contributed by atoms with Crippen LogP contribution in [0.15, 0.2) is 29.3 Å². The Morgan fingerprint density at radius 3 is 2.12 bits per heavy atom. The lowest BCUT2D eigenvalue weighted by Crippen LogP contribution is -2.45. The number of rotatable bonds is 6. The minimum absolute atomic E-state index is 0. The molecule has 1 aromatic carbocycles. The summed E-state index contributed by atoms with van der Waals surface area (Å²) in [5, 5.41) is 9.46. The lowest BCUT2D eigenvalue weighted by molar-refractivity contribution is -0.121. The minimum atomic E-state index is -0.244. The van der Waals surface area contributed by atoms with Gasteiger partial charge in [-0.2, -0.15) is 0 Å². The van der Waals surface area contributed by atoms with Gasteiger partial charge in [0, 0.05) is 24.0 Å². The molecule has 1 amide bonds. The average molecular weight is 474 g/mol. The van der Waals surface area contributed by atoms with Gasteiger partial charge in [-0.25, -0.2) is 4.99 Å². The molecule has 26 heavy (non-hydrogen) atoms. The molecule has 0 bridgehead atoms. The predicted molar refractivity (Wildman–Crippen MR) is 121 cm³/mol. The molecule has 148 valence electrons. The van der Waals surface area contributed by atoms with Crippen molar-refractivity contribution in [2.24, 2.45) is 4.99 Å². The Labute approximate surface area is 175 Å². The first-order chi connectivity index (χ1) is 11.5. The molecule has 0 unspecified atom stereocenters. The van der Waals surface area contributed by atoms with Crippen LogP contribution in [0.2, 0.25) is 0 Å². The molecule has 1 aromatic rings. The molecule has 0 aromatic heterocycles. The molecular formula is C20H35IN4O. The number of hydrogen-bond acceptors (Lipinski definition) is 2. The van der Waals surface area contributed by atoms with Gasteiger partial charge in [0.1, 0.15) is 6.54 Å². The van der Waals surface area contributed by atoms with Crippen LogP contribution in [0.1, 0.15) is 52.7 Å². The van der Waals surface area contributed by atoms with Gasteiger partial charge in [-0.05, 0) is 40.2 Å². The summed E-state index contributed by atoms with van der Waals surface area (Å²) >= 11 is 0. The number of hydrogen-bond donors (Lipinski definition) is 3. The highest BCUT2D eigenvalue weighted by Gasteiger charge is 2.21. The lowest BCUT2D eigenvalue weighted by Gasteiger charge is -2.27. The van der Waals surface area contributed by atoms with Gasteiger partial charge in [0.2, 0.25) is 5.91 Å². The van der Waals surface area contributed by atoms with Crippen LogP contribution < -0.4 is 16.0 Å². The Morgan fingerprint density at radius 1 is 1.04 bits per heavy atom. The van der Waals surface area contributed by atoms with Crippen LogP contribution >= 0.6 is 24.0 Å². The third-order valence-corrected chi connectivity index (χ3v) is 3.77. The second-order valence-corrected chi connectivity index (χ2v) is 8.10. The van der Waals surface area contributed by atoms with Crippen molar-refractivity contribution in [1.29, 1.82) is 0 Å². The van der Waals surface area contributed by atoms with E-state index >= 15 is 0 Å². The van der Waals surface area contributed by atoms with Gasteiger partial charge in [0.25, 0.3) is 0 Å². The van der Waals surface area contributed by atoms with Gasteiger partial charge in [-0.15, -0.1) is 24.0 Å². The Bertz CT molecular complexity index is 589. The molecule has 0 aliphatic carbocycles. The standard InChI is InChI=1S/C20H34N4O.HI/c1-8-21-18(22-13-17(25)24-19(3,4)5)23-14-20(6,7)16-11-9-15(2)10-12-16;/h9-12H,8,13-14H2,1-7H3,(H,24,25)(H2,21,22,23);1H. The zero-order valence-electron chi connectivity index (χ0n) is 17.2. The van der Waals surface area contributed by atoms with E-state index in [0.29, 0.717) is 5.96 Å². The van der Waals surface area contributed by atoms with E-state index < -0.39 is 0 Å². The molecule has 0 saturated heterocycles. The molecule has 0 radical (unpaired) electrons. The summed E-state index contributed by atoms with van der Waals surface area (Å²) in [7, 11) is 0. The molecule has 0 aliphatic heterocycles. The van der Waals surface area contributed by atoms with Gasteiger partial charge in [0.05, 0.1) is 0 Å². The number of halogens is 1. The normalized spacial score (nSPS) is 12.2. The number of guanidine groups is 1. The molecule has 0 fully saturated rings. The van der Waals surface area contributed by atoms with Crippen LogP contribution in [0.4, 0.5) is 0 Å². The maximum atomic E-state index is 11.9. The van der Waals surface area contributed by atoms with Crippen molar-refractivity contribution >= 4 is 35.8 Å². The molecular weight excluding hydrogens is 439 g/mol. The summed E-state index contributed by atoms with van der Waals surface area (Å²) in [6.07, 6.45) is 0. The number of aryl methyl sites for hydroxylation is 1. The lowest BCUT2D eigenvalue weighted by atomic mass is 9.84. The van der Waals surface area contributed by atoms with E-state index in [4.69, 9.17) is 0 Å². The Morgan fingerprint density at radius 2 is 1.62 bits per heavy atom. The maximum absolute atomic E-state index is 11.9. The van der Waals surface area contributed by atoms with E-state index in [1.165, 1.54) is 11.1 Å². The zero-order chi connectivity index (χ0) is 19.1. The van der Waals surface area contributed by atoms with Crippen molar-refractivity contribution in [2.75, 3.05) is 19.6 Å². The summed E-state index contributed by atoms with van der Waals surface area (Å²) < 4.78 is 0. The Kier molecular flexibility index (Phi) is 10.2. The summed E-state index contributed by atoms with van der Waals surface area (Å²) in [4.78, 5) is 16.3. The van der Waals surface area contributed by atoms with Crippen molar-refractivity contribution in [1.82, 2.24) is 16.0 Å². The van der Waals surface area contributed by atoms with Crippen LogP contribution in [-0.2, 0) is 10.2 Å². The van der Waals surface area contributed by atoms with Gasteiger partial charge in [-0.3, -0.25) is 4.79 Å². The van der Waals surface area contributed by atoms with E-state index in [-0.39, 0.29) is 47.4 Å². The van der Waals surface area contributed by atoms with Crippen LogP contribution in [0, 0.1) is 6.92 Å². The zero-order valence-corrected chi connectivity index (χ0v) is 19.5. The third kappa shape index (κ3) is 9.40. The minimum Gasteiger partial charge on any atom is -0.357 e. The third-order valence-electron chi connectivity index (χ3n) is 3.77. The monoisotopic (exact) mass is 474 g/mol. The highest BCUT2D eigenvalue weighted by molar-refractivity contribution is 14.0. The number of nitrogens with zero attached hydrogens (tertiary/aromatic N) is 1. The van der Waals surface area contributed by atoms with Crippen molar-refractivity contribution in [3.8, 4) is 0 Å². The molecule has 5 nitrogen and oxygen atoms in total. The number of carbonyl (C=O) groups is 1. The predicted octanol–water partition coefficient (Wildman–Crippen LogP) is 3.36. The number of aliphatic imine (C=N–C) groups is 1. The maximum Gasteiger partial charge on any atom is 0.242 e. The highest BCUT2D eigenvalue weighted by atomic mass is 127. The fraction of sp³-hybridized carbons (Fsp3) is 0.600. The first kappa shape index (κ1) is 24.7. The average Bonchev–Trinajstić information content (AvgIpc) is 2.49. The fourth-order valence-electron chi connectivity index (χ4n) is 2.36. The van der Waals surface area contributed by atoms with Crippen molar-refractivity contribution < 1.29 is 4.79 Å². The summed E-state index contributed by atoms with van der Waals surface area (Å²) in [5.41, 5.74) is 2.24. The van der Waals surface area contributed by atoms with Crippen molar-refractivity contribution in [3.05, 3.63) is 35.4 Å². The quantitative estimate of drug-likeness (QED) is 0.337. The number of carbonyl (C=O) groups excluding carboxylic acids is 1. The first-order valence-corrected chi connectivity index (χ1v) is 8.94. The molecule has 3 N–H and O–H groups in total. The topological polar surface area (TPSA) is 65.5 Å².